The number of carbonyl (C=O) groups excluding carboxylic acids is 1. The van der Waals surface area contributed by atoms with Gasteiger partial charge in [0.1, 0.15) is 5.82 Å². The molecule has 0 aliphatic heterocycles. The Balaban J connectivity index is 1.50. The molecule has 4 heteroatoms. The normalized spacial score (nSPS) is 20.8. The van der Waals surface area contributed by atoms with Gasteiger partial charge in [-0.05, 0) is 61.1 Å². The van der Waals surface area contributed by atoms with Gasteiger partial charge in [-0.3, -0.25) is 4.79 Å². The number of para-hydroxylation sites is 2. The fourth-order valence-corrected chi connectivity index (χ4v) is 4.71. The molecule has 0 radical (unpaired) electrons. The van der Waals surface area contributed by atoms with E-state index in [1.807, 2.05) is 42.5 Å². The Morgan fingerprint density at radius 1 is 1.03 bits per heavy atom. The van der Waals surface area contributed by atoms with Crippen molar-refractivity contribution in [1.29, 1.82) is 0 Å². The van der Waals surface area contributed by atoms with E-state index in [0.29, 0.717) is 11.3 Å². The van der Waals surface area contributed by atoms with Crippen LogP contribution in [0, 0.1) is 17.3 Å². The maximum absolute atomic E-state index is 13.2. The quantitative estimate of drug-likeness (QED) is 0.564. The van der Waals surface area contributed by atoms with Crippen molar-refractivity contribution in [3.8, 4) is 0 Å². The summed E-state index contributed by atoms with van der Waals surface area (Å²) in [6.45, 7) is 6.95. The highest BCUT2D eigenvalue weighted by molar-refractivity contribution is 5.79. The Morgan fingerprint density at radius 2 is 1.70 bits per heavy atom. The summed E-state index contributed by atoms with van der Waals surface area (Å²) in [6, 6.07) is 18.2. The van der Waals surface area contributed by atoms with Crippen molar-refractivity contribution < 1.29 is 4.79 Å². The molecule has 1 unspecified atom stereocenters. The number of amides is 1. The van der Waals surface area contributed by atoms with Crippen LogP contribution in [-0.4, -0.2) is 15.9 Å². The van der Waals surface area contributed by atoms with E-state index < -0.39 is 0 Å². The molecule has 1 amide bonds. The average Bonchev–Trinajstić information content (AvgIpc) is 3.18. The van der Waals surface area contributed by atoms with Gasteiger partial charge in [-0.2, -0.15) is 0 Å². The van der Waals surface area contributed by atoms with Gasteiger partial charge >= 0.3 is 0 Å². The van der Waals surface area contributed by atoms with E-state index in [1.165, 1.54) is 5.56 Å². The Kier molecular flexibility index (Phi) is 5.94. The number of hydrogen-bond acceptors (Lipinski definition) is 2. The van der Waals surface area contributed by atoms with Crippen LogP contribution in [0.15, 0.2) is 54.6 Å². The first kappa shape index (κ1) is 20.6. The zero-order valence-electron chi connectivity index (χ0n) is 18.3. The molecule has 1 fully saturated rings. The summed E-state index contributed by atoms with van der Waals surface area (Å²) >= 11 is 0. The van der Waals surface area contributed by atoms with Gasteiger partial charge < -0.3 is 10.3 Å². The Bertz CT molecular complexity index is 945. The van der Waals surface area contributed by atoms with Crippen LogP contribution < -0.4 is 5.32 Å². The third-order valence-corrected chi connectivity index (χ3v) is 6.66. The highest BCUT2D eigenvalue weighted by Crippen LogP contribution is 2.40. The number of hydrogen-bond donors (Lipinski definition) is 2. The predicted molar refractivity (Wildman–Crippen MR) is 122 cm³/mol. The van der Waals surface area contributed by atoms with Gasteiger partial charge in [0, 0.05) is 5.92 Å². The van der Waals surface area contributed by atoms with Gasteiger partial charge in [0.15, 0.2) is 0 Å². The van der Waals surface area contributed by atoms with E-state index in [2.05, 4.69) is 43.2 Å². The lowest BCUT2D eigenvalue weighted by Gasteiger charge is -2.36. The van der Waals surface area contributed by atoms with Crippen molar-refractivity contribution in [1.82, 2.24) is 15.3 Å². The molecule has 0 spiro atoms. The highest BCUT2D eigenvalue weighted by atomic mass is 16.1. The topological polar surface area (TPSA) is 57.8 Å². The van der Waals surface area contributed by atoms with E-state index in [4.69, 9.17) is 4.98 Å². The van der Waals surface area contributed by atoms with Gasteiger partial charge in [0.25, 0.3) is 0 Å². The van der Waals surface area contributed by atoms with E-state index in [1.54, 1.807) is 0 Å². The third kappa shape index (κ3) is 4.75. The summed E-state index contributed by atoms with van der Waals surface area (Å²) in [6.07, 6.45) is 4.95. The number of benzene rings is 2. The van der Waals surface area contributed by atoms with E-state index in [0.717, 1.165) is 49.0 Å². The largest absolute Gasteiger partial charge is 0.346 e. The maximum Gasteiger partial charge on any atom is 0.223 e. The van der Waals surface area contributed by atoms with Crippen molar-refractivity contribution in [2.24, 2.45) is 17.3 Å². The molecule has 30 heavy (non-hydrogen) atoms. The number of fused-ring (bicyclic) bond motifs is 1. The van der Waals surface area contributed by atoms with E-state index in [-0.39, 0.29) is 17.9 Å². The SMILES string of the molecule is CC(C)(C)C1CCC(C(=O)NC(Cc2ccccc2)c2nc3ccccc3[nH]2)CC1. The van der Waals surface area contributed by atoms with Gasteiger partial charge in [-0.15, -0.1) is 0 Å². The van der Waals surface area contributed by atoms with Crippen LogP contribution in [0.3, 0.4) is 0 Å². The summed E-state index contributed by atoms with van der Waals surface area (Å²) in [4.78, 5) is 21.4. The molecular formula is C26H33N3O. The summed E-state index contributed by atoms with van der Waals surface area (Å²) in [5.41, 5.74) is 3.46. The second-order valence-electron chi connectivity index (χ2n) is 9.80. The van der Waals surface area contributed by atoms with Gasteiger partial charge in [0.2, 0.25) is 5.91 Å². The molecule has 1 aliphatic carbocycles. The monoisotopic (exact) mass is 403 g/mol. The minimum absolute atomic E-state index is 0.103. The lowest BCUT2D eigenvalue weighted by atomic mass is 9.69. The third-order valence-electron chi connectivity index (χ3n) is 6.66. The van der Waals surface area contributed by atoms with E-state index in [9.17, 15) is 4.79 Å². The number of nitrogens with one attached hydrogen (secondary N) is 2. The van der Waals surface area contributed by atoms with Crippen molar-refractivity contribution in [3.63, 3.8) is 0 Å². The maximum atomic E-state index is 13.2. The van der Waals surface area contributed by atoms with Gasteiger partial charge in [-0.25, -0.2) is 4.98 Å². The fraction of sp³-hybridized carbons (Fsp3) is 0.462. The van der Waals surface area contributed by atoms with Gasteiger partial charge in [0.05, 0.1) is 17.1 Å². The highest BCUT2D eigenvalue weighted by Gasteiger charge is 2.33. The second kappa shape index (κ2) is 8.63. The van der Waals surface area contributed by atoms with Crippen LogP contribution >= 0.6 is 0 Å². The Hall–Kier alpha value is -2.62. The molecule has 1 aliphatic rings. The van der Waals surface area contributed by atoms with Crippen molar-refractivity contribution in [2.75, 3.05) is 0 Å². The number of rotatable bonds is 5. The molecule has 1 heterocycles. The smallest absolute Gasteiger partial charge is 0.223 e. The molecule has 1 aromatic heterocycles. The molecule has 4 rings (SSSR count). The molecule has 1 saturated carbocycles. The molecule has 158 valence electrons. The number of imidazole rings is 1. The summed E-state index contributed by atoms with van der Waals surface area (Å²) in [7, 11) is 0. The number of aromatic amines is 1. The second-order valence-corrected chi connectivity index (χ2v) is 9.80. The molecule has 0 saturated heterocycles. The van der Waals surface area contributed by atoms with Gasteiger partial charge in [-0.1, -0.05) is 63.2 Å². The Labute approximate surface area is 179 Å². The summed E-state index contributed by atoms with van der Waals surface area (Å²) in [5, 5.41) is 3.33. The predicted octanol–water partition coefficient (Wildman–Crippen LogP) is 5.82. The zero-order valence-corrected chi connectivity index (χ0v) is 18.3. The van der Waals surface area contributed by atoms with Crippen LogP contribution in [0.25, 0.3) is 11.0 Å². The summed E-state index contributed by atoms with van der Waals surface area (Å²) < 4.78 is 0. The van der Waals surface area contributed by atoms with Crippen LogP contribution in [0.5, 0.6) is 0 Å². The molecule has 2 aromatic carbocycles. The lowest BCUT2D eigenvalue weighted by Crippen LogP contribution is -2.38. The molecule has 4 nitrogen and oxygen atoms in total. The Morgan fingerprint density at radius 3 is 2.37 bits per heavy atom. The number of nitrogens with zero attached hydrogens (tertiary/aromatic N) is 1. The van der Waals surface area contributed by atoms with Crippen molar-refractivity contribution in [3.05, 3.63) is 66.0 Å². The fourth-order valence-electron chi connectivity index (χ4n) is 4.71. The first-order valence-corrected chi connectivity index (χ1v) is 11.2. The molecule has 0 bridgehead atoms. The molecule has 2 N–H and O–H groups in total. The zero-order chi connectivity index (χ0) is 21.1. The van der Waals surface area contributed by atoms with Crippen LogP contribution in [0.4, 0.5) is 0 Å². The number of carbonyl (C=O) groups is 1. The minimum Gasteiger partial charge on any atom is -0.346 e. The standard InChI is InChI=1S/C26H33N3O/c1-26(2,3)20-15-13-19(14-16-20)25(30)29-23(17-18-9-5-4-6-10-18)24-27-21-11-7-8-12-22(21)28-24/h4-12,19-20,23H,13-17H2,1-3H3,(H,27,28)(H,29,30). The minimum atomic E-state index is -0.160. The van der Waals surface area contributed by atoms with Crippen LogP contribution in [-0.2, 0) is 11.2 Å². The average molecular weight is 404 g/mol. The van der Waals surface area contributed by atoms with Crippen molar-refractivity contribution in [2.45, 2.75) is 58.9 Å². The number of H-pyrrole nitrogens is 1. The lowest BCUT2D eigenvalue weighted by molar-refractivity contribution is -0.127. The first-order chi connectivity index (χ1) is 14.4. The van der Waals surface area contributed by atoms with Crippen molar-refractivity contribution >= 4 is 16.9 Å². The molecule has 3 aromatic rings. The molecular weight excluding hydrogens is 370 g/mol. The van der Waals surface area contributed by atoms with E-state index >= 15 is 0 Å². The van der Waals surface area contributed by atoms with Crippen LogP contribution in [0.2, 0.25) is 0 Å². The summed E-state index contributed by atoms with van der Waals surface area (Å²) in [5.74, 6) is 1.81. The van der Waals surface area contributed by atoms with Crippen LogP contribution in [0.1, 0.15) is 63.9 Å². The number of aromatic nitrogens is 2. The first-order valence-electron chi connectivity index (χ1n) is 11.2. The molecule has 1 atom stereocenters.